The van der Waals surface area contributed by atoms with Crippen molar-refractivity contribution >= 4 is 16.7 Å². The molecule has 0 unspecified atom stereocenters. The predicted molar refractivity (Wildman–Crippen MR) is 169 cm³/mol. The third-order valence-electron chi connectivity index (χ3n) is 6.07. The highest BCUT2D eigenvalue weighted by atomic mass is 19.4. The van der Waals surface area contributed by atoms with Crippen molar-refractivity contribution in [2.24, 2.45) is 11.7 Å². The van der Waals surface area contributed by atoms with E-state index < -0.39 is 12.1 Å². The molecule has 0 fully saturated rings. The molecule has 0 spiro atoms. The second kappa shape index (κ2) is 20.9. The number of anilines is 1. The van der Waals surface area contributed by atoms with Gasteiger partial charge in [-0.3, -0.25) is 0 Å². The largest absolute Gasteiger partial charge is 0.493 e. The number of alkyl halides is 3. The second-order valence-corrected chi connectivity index (χ2v) is 9.17. The summed E-state index contributed by atoms with van der Waals surface area (Å²) in [4.78, 5) is 9.14. The van der Waals surface area contributed by atoms with Crippen molar-refractivity contribution < 1.29 is 27.4 Å². The summed E-state index contributed by atoms with van der Waals surface area (Å²) in [6.45, 7) is 16.8. The van der Waals surface area contributed by atoms with Crippen LogP contribution in [0.25, 0.3) is 10.9 Å². The van der Waals surface area contributed by atoms with E-state index in [9.17, 15) is 13.2 Å². The maximum atomic E-state index is 13.3. The number of nitrogens with zero attached hydrogens (tertiary/aromatic N) is 2. The highest BCUT2D eigenvalue weighted by molar-refractivity contribution is 5.92. The van der Waals surface area contributed by atoms with Crippen LogP contribution in [0.1, 0.15) is 80.0 Å². The Morgan fingerprint density at radius 2 is 1.74 bits per heavy atom. The van der Waals surface area contributed by atoms with Crippen LogP contribution in [0.2, 0.25) is 0 Å². The molecule has 3 atom stereocenters. The van der Waals surface area contributed by atoms with Crippen molar-refractivity contribution in [2.45, 2.75) is 99.4 Å². The van der Waals surface area contributed by atoms with Crippen LogP contribution in [0.3, 0.4) is 0 Å². The standard InChI is InChI=1S/C27H36F3N3O3.2C2H6.CH5N/c1-6-13-35-16-17(2)36-25-14-22-23(15-24(25)34-5)32-19(4)33-26(22)31-18(3)20-9-7-8-10-21(12-11-20)27(28,29)30;3*1-2/h7,9,11,14-15,17-18,21H,6,8,10,12-13,16H2,1-5H3,(H,31,32,33);2*1-2H3;2H2,1H3/b9-7-,20-11?;;;/t17-,18+,21-;;;/m0.../s1. The van der Waals surface area contributed by atoms with Gasteiger partial charge in [-0.2, -0.15) is 13.2 Å². The molecule has 1 aromatic heterocycles. The summed E-state index contributed by atoms with van der Waals surface area (Å²) in [6, 6.07) is 3.37. The van der Waals surface area contributed by atoms with E-state index in [1.165, 1.54) is 7.05 Å². The lowest BCUT2D eigenvalue weighted by Gasteiger charge is -2.23. The fourth-order valence-electron chi connectivity index (χ4n) is 4.15. The van der Waals surface area contributed by atoms with E-state index in [-0.39, 0.29) is 25.0 Å². The van der Waals surface area contributed by atoms with Crippen molar-refractivity contribution in [1.29, 1.82) is 0 Å². The quantitative estimate of drug-likeness (QED) is 0.265. The first-order valence-corrected chi connectivity index (χ1v) is 15.0. The lowest BCUT2D eigenvalue weighted by molar-refractivity contribution is -0.175. The van der Waals surface area contributed by atoms with E-state index in [4.69, 9.17) is 14.2 Å². The van der Waals surface area contributed by atoms with Crippen LogP contribution in [-0.2, 0) is 4.74 Å². The summed E-state index contributed by atoms with van der Waals surface area (Å²) in [7, 11) is 3.07. The smallest absolute Gasteiger partial charge is 0.392 e. The molecule has 3 rings (SSSR count). The Balaban J connectivity index is 0.00000263. The third kappa shape index (κ3) is 12.6. The Bertz CT molecular complexity index is 1090. The topological polar surface area (TPSA) is 91.5 Å². The molecule has 3 N–H and O–H groups in total. The first-order valence-electron chi connectivity index (χ1n) is 15.0. The minimum absolute atomic E-state index is 0.0358. The van der Waals surface area contributed by atoms with Crippen molar-refractivity contribution in [2.75, 3.05) is 32.7 Å². The molecular formula is C32H53F3N4O3. The number of benzene rings is 1. The number of ether oxygens (including phenoxy) is 3. The number of fused-ring (bicyclic) bond motifs is 1. The number of allylic oxidation sites excluding steroid dienone is 2. The normalized spacial score (nSPS) is 16.8. The molecule has 0 aliphatic heterocycles. The molecule has 0 amide bonds. The van der Waals surface area contributed by atoms with Crippen LogP contribution in [0.5, 0.6) is 11.5 Å². The molecule has 1 aliphatic rings. The molecule has 1 aromatic carbocycles. The maximum Gasteiger partial charge on any atom is 0.392 e. The van der Waals surface area contributed by atoms with E-state index in [1.54, 1.807) is 26.2 Å². The number of methoxy groups -OCH3 is 1. The maximum absolute atomic E-state index is 13.3. The summed E-state index contributed by atoms with van der Waals surface area (Å²) >= 11 is 0. The van der Waals surface area contributed by atoms with Crippen LogP contribution in [-0.4, -0.2) is 55.7 Å². The summed E-state index contributed by atoms with van der Waals surface area (Å²) in [5.74, 6) is 0.900. The number of aryl methyl sites for hydroxylation is 1. The summed E-state index contributed by atoms with van der Waals surface area (Å²) in [5.41, 5.74) is 5.97. The number of halogens is 3. The molecule has 42 heavy (non-hydrogen) atoms. The monoisotopic (exact) mass is 598 g/mol. The minimum atomic E-state index is -4.20. The number of nitrogens with one attached hydrogen (secondary N) is 1. The molecule has 7 nitrogen and oxygen atoms in total. The van der Waals surface area contributed by atoms with E-state index >= 15 is 0 Å². The number of rotatable bonds is 10. The molecule has 0 radical (unpaired) electrons. The van der Waals surface area contributed by atoms with Gasteiger partial charge in [-0.15, -0.1) is 0 Å². The molecule has 0 saturated carbocycles. The van der Waals surface area contributed by atoms with Crippen LogP contribution in [0.4, 0.5) is 19.0 Å². The highest BCUT2D eigenvalue weighted by Crippen LogP contribution is 2.37. The average Bonchev–Trinajstić information content (AvgIpc) is 2.95. The molecule has 0 saturated heterocycles. The average molecular weight is 599 g/mol. The van der Waals surface area contributed by atoms with Crippen LogP contribution >= 0.6 is 0 Å². The molecule has 1 heterocycles. The van der Waals surface area contributed by atoms with Gasteiger partial charge in [-0.25, -0.2) is 9.97 Å². The van der Waals surface area contributed by atoms with E-state index in [0.717, 1.165) is 17.4 Å². The summed E-state index contributed by atoms with van der Waals surface area (Å²) in [6.07, 6.45) is 2.38. The van der Waals surface area contributed by atoms with Crippen molar-refractivity contribution in [3.63, 3.8) is 0 Å². The van der Waals surface area contributed by atoms with Gasteiger partial charge in [0.1, 0.15) is 17.7 Å². The van der Waals surface area contributed by atoms with Gasteiger partial charge in [-0.05, 0) is 65.1 Å². The van der Waals surface area contributed by atoms with Crippen LogP contribution in [0, 0.1) is 12.8 Å². The Kier molecular flexibility index (Phi) is 19.5. The van der Waals surface area contributed by atoms with Crippen molar-refractivity contribution in [1.82, 2.24) is 9.97 Å². The van der Waals surface area contributed by atoms with Gasteiger partial charge < -0.3 is 25.3 Å². The second-order valence-electron chi connectivity index (χ2n) is 9.17. The van der Waals surface area contributed by atoms with Gasteiger partial charge in [0.05, 0.1) is 25.2 Å². The molecule has 240 valence electrons. The molecule has 0 bridgehead atoms. The van der Waals surface area contributed by atoms with Gasteiger partial charge in [0.15, 0.2) is 11.5 Å². The lowest BCUT2D eigenvalue weighted by Crippen LogP contribution is -2.24. The first-order chi connectivity index (χ1) is 20.1. The molecule has 1 aliphatic carbocycles. The van der Waals surface area contributed by atoms with Crippen LogP contribution in [0.15, 0.2) is 35.9 Å². The fraction of sp³-hybridized carbons (Fsp3) is 0.625. The lowest BCUT2D eigenvalue weighted by atomic mass is 9.93. The third-order valence-corrected chi connectivity index (χ3v) is 6.07. The zero-order valence-corrected chi connectivity index (χ0v) is 27.2. The minimum Gasteiger partial charge on any atom is -0.493 e. The number of nitrogens with two attached hydrogens (primary N) is 1. The predicted octanol–water partition coefficient (Wildman–Crippen LogP) is 8.41. The van der Waals surface area contributed by atoms with E-state index in [0.29, 0.717) is 48.3 Å². The van der Waals surface area contributed by atoms with Gasteiger partial charge in [0.2, 0.25) is 0 Å². The summed E-state index contributed by atoms with van der Waals surface area (Å²) < 4.78 is 57.2. The van der Waals surface area contributed by atoms with Crippen molar-refractivity contribution in [3.05, 3.63) is 41.8 Å². The Hall–Kier alpha value is -2.85. The van der Waals surface area contributed by atoms with Gasteiger partial charge in [-0.1, -0.05) is 52.8 Å². The zero-order valence-electron chi connectivity index (χ0n) is 27.2. The number of aromatic nitrogens is 2. The van der Waals surface area contributed by atoms with Crippen LogP contribution < -0.4 is 20.5 Å². The Labute approximate surface area is 251 Å². The first kappa shape index (κ1) is 39.1. The SMILES string of the molecule is CC.CC.CCCOC[C@H](C)Oc1cc2c(N[C@H](C)C3=CC[C@@H](C(F)(F)F)CC/C=C\3)nc(C)nc2cc1OC.CN. The number of hydrogen-bond acceptors (Lipinski definition) is 7. The zero-order chi connectivity index (χ0) is 32.3. The molecule has 10 heteroatoms. The number of hydrogen-bond donors (Lipinski definition) is 2. The van der Waals surface area contributed by atoms with Gasteiger partial charge in [0.25, 0.3) is 0 Å². The highest BCUT2D eigenvalue weighted by Gasteiger charge is 2.38. The Morgan fingerprint density at radius 1 is 1.07 bits per heavy atom. The van der Waals surface area contributed by atoms with E-state index in [1.807, 2.05) is 66.7 Å². The fourth-order valence-corrected chi connectivity index (χ4v) is 4.15. The van der Waals surface area contributed by atoms with Crippen molar-refractivity contribution in [3.8, 4) is 11.5 Å². The summed E-state index contributed by atoms with van der Waals surface area (Å²) in [5, 5.41) is 4.11. The van der Waals surface area contributed by atoms with Gasteiger partial charge >= 0.3 is 6.18 Å². The Morgan fingerprint density at radius 3 is 2.33 bits per heavy atom. The molecular weight excluding hydrogens is 545 g/mol. The van der Waals surface area contributed by atoms with Gasteiger partial charge in [0, 0.05) is 24.1 Å². The van der Waals surface area contributed by atoms with E-state index in [2.05, 4.69) is 21.0 Å². The molecule has 2 aromatic rings.